The summed E-state index contributed by atoms with van der Waals surface area (Å²) in [5.74, 6) is 0.889. The molecule has 0 atom stereocenters. The Balaban J connectivity index is 1.47. The molecule has 1 aromatic carbocycles. The summed E-state index contributed by atoms with van der Waals surface area (Å²) in [5.41, 5.74) is 3.11. The summed E-state index contributed by atoms with van der Waals surface area (Å²) in [7, 11) is 0. The van der Waals surface area contributed by atoms with Gasteiger partial charge >= 0.3 is 0 Å². The molecule has 4 aromatic rings. The maximum absolute atomic E-state index is 13.4. The van der Waals surface area contributed by atoms with E-state index in [0.717, 1.165) is 17.1 Å². The number of hydrogen-bond donors (Lipinski definition) is 1. The van der Waals surface area contributed by atoms with E-state index in [1.807, 2.05) is 42.7 Å². The SMILES string of the molecule is Cc1cc(C(=O)NCc2cccnc2Oc2cccc(F)c2)c(C)n1Cc1ccco1. The van der Waals surface area contributed by atoms with E-state index in [4.69, 9.17) is 9.15 Å². The molecule has 3 heterocycles. The zero-order valence-electron chi connectivity index (χ0n) is 17.3. The highest BCUT2D eigenvalue weighted by atomic mass is 19.1. The number of rotatable bonds is 7. The number of carbonyl (C=O) groups excluding carboxylic acids is 1. The Morgan fingerprint density at radius 2 is 2.03 bits per heavy atom. The summed E-state index contributed by atoms with van der Waals surface area (Å²) >= 11 is 0. The number of ether oxygens (including phenoxy) is 1. The Morgan fingerprint density at radius 3 is 2.81 bits per heavy atom. The van der Waals surface area contributed by atoms with E-state index in [-0.39, 0.29) is 12.5 Å². The Bertz CT molecular complexity index is 1200. The van der Waals surface area contributed by atoms with Gasteiger partial charge in [-0.25, -0.2) is 9.37 Å². The molecule has 0 saturated heterocycles. The molecule has 1 N–H and O–H groups in total. The van der Waals surface area contributed by atoms with Gasteiger partial charge in [0.05, 0.1) is 18.4 Å². The third-order valence-electron chi connectivity index (χ3n) is 5.01. The largest absolute Gasteiger partial charge is 0.467 e. The minimum atomic E-state index is -0.395. The van der Waals surface area contributed by atoms with Crippen LogP contribution in [0.2, 0.25) is 0 Å². The van der Waals surface area contributed by atoms with Crippen LogP contribution in [0, 0.1) is 19.7 Å². The molecule has 158 valence electrons. The van der Waals surface area contributed by atoms with Crippen molar-refractivity contribution in [3.8, 4) is 11.6 Å². The number of pyridine rings is 1. The fraction of sp³-hybridized carbons (Fsp3) is 0.167. The molecule has 0 bridgehead atoms. The fourth-order valence-corrected chi connectivity index (χ4v) is 3.40. The van der Waals surface area contributed by atoms with Crippen LogP contribution in [-0.2, 0) is 13.1 Å². The minimum absolute atomic E-state index is 0.195. The highest BCUT2D eigenvalue weighted by Gasteiger charge is 2.17. The molecule has 3 aromatic heterocycles. The van der Waals surface area contributed by atoms with Gasteiger partial charge in [0, 0.05) is 35.8 Å². The Morgan fingerprint density at radius 1 is 1.16 bits per heavy atom. The topological polar surface area (TPSA) is 69.3 Å². The number of halogens is 1. The van der Waals surface area contributed by atoms with Crippen LogP contribution < -0.4 is 10.1 Å². The van der Waals surface area contributed by atoms with Gasteiger partial charge in [0.1, 0.15) is 17.3 Å². The van der Waals surface area contributed by atoms with Gasteiger partial charge in [-0.1, -0.05) is 12.1 Å². The van der Waals surface area contributed by atoms with Crippen LogP contribution in [0.25, 0.3) is 0 Å². The Kier molecular flexibility index (Phi) is 5.84. The number of furan rings is 1. The van der Waals surface area contributed by atoms with Crippen molar-refractivity contribution in [3.05, 3.63) is 101 Å². The third kappa shape index (κ3) is 4.66. The summed E-state index contributed by atoms with van der Waals surface area (Å²) in [6.45, 7) is 4.65. The van der Waals surface area contributed by atoms with Crippen molar-refractivity contribution < 1.29 is 18.3 Å². The quantitative estimate of drug-likeness (QED) is 0.458. The number of aromatic nitrogens is 2. The smallest absolute Gasteiger partial charge is 0.253 e. The van der Waals surface area contributed by atoms with Crippen LogP contribution in [0.15, 0.2) is 71.5 Å². The molecular formula is C24H22FN3O3. The zero-order valence-corrected chi connectivity index (χ0v) is 17.3. The van der Waals surface area contributed by atoms with Crippen molar-refractivity contribution in [1.29, 1.82) is 0 Å². The second-order valence-electron chi connectivity index (χ2n) is 7.16. The average Bonchev–Trinajstić information content (AvgIpc) is 3.37. The predicted molar refractivity (Wildman–Crippen MR) is 114 cm³/mol. The third-order valence-corrected chi connectivity index (χ3v) is 5.01. The normalized spacial score (nSPS) is 10.8. The summed E-state index contributed by atoms with van der Waals surface area (Å²) in [4.78, 5) is 17.1. The van der Waals surface area contributed by atoms with Gasteiger partial charge in [0.25, 0.3) is 5.91 Å². The molecule has 4 rings (SSSR count). The number of aryl methyl sites for hydroxylation is 1. The van der Waals surface area contributed by atoms with E-state index in [0.29, 0.717) is 29.3 Å². The fourth-order valence-electron chi connectivity index (χ4n) is 3.40. The number of amides is 1. The standard InChI is InChI=1S/C24H22FN3O3/c1-16-12-22(17(2)28(16)15-21-9-5-11-30-21)23(29)27-14-18-6-4-10-26-24(18)31-20-8-3-7-19(25)13-20/h3-13H,14-15H2,1-2H3,(H,27,29). The van der Waals surface area contributed by atoms with Gasteiger partial charge in [0.2, 0.25) is 5.88 Å². The summed E-state index contributed by atoms with van der Waals surface area (Å²) in [5, 5.41) is 2.92. The lowest BCUT2D eigenvalue weighted by Crippen LogP contribution is -2.23. The second kappa shape index (κ2) is 8.87. The van der Waals surface area contributed by atoms with Gasteiger partial charge in [-0.05, 0) is 50.2 Å². The molecule has 0 unspecified atom stereocenters. The molecule has 0 aliphatic heterocycles. The van der Waals surface area contributed by atoms with Crippen molar-refractivity contribution >= 4 is 5.91 Å². The second-order valence-corrected chi connectivity index (χ2v) is 7.16. The zero-order chi connectivity index (χ0) is 21.8. The molecule has 31 heavy (non-hydrogen) atoms. The Hall–Kier alpha value is -3.87. The van der Waals surface area contributed by atoms with Crippen molar-refractivity contribution in [3.63, 3.8) is 0 Å². The van der Waals surface area contributed by atoms with Crippen LogP contribution >= 0.6 is 0 Å². The average molecular weight is 419 g/mol. The monoisotopic (exact) mass is 419 g/mol. The van der Waals surface area contributed by atoms with Crippen molar-refractivity contribution in [2.45, 2.75) is 26.9 Å². The van der Waals surface area contributed by atoms with E-state index in [2.05, 4.69) is 10.3 Å². The van der Waals surface area contributed by atoms with Crippen LogP contribution in [0.3, 0.4) is 0 Å². The molecule has 0 saturated carbocycles. The van der Waals surface area contributed by atoms with Gasteiger partial charge in [-0.3, -0.25) is 4.79 Å². The number of benzene rings is 1. The molecule has 0 radical (unpaired) electrons. The van der Waals surface area contributed by atoms with E-state index in [1.165, 1.54) is 12.1 Å². The predicted octanol–water partition coefficient (Wildman–Crippen LogP) is 5.00. The number of carbonyl (C=O) groups is 1. The first kappa shape index (κ1) is 20.4. The lowest BCUT2D eigenvalue weighted by atomic mass is 10.2. The molecule has 0 spiro atoms. The highest BCUT2D eigenvalue weighted by Crippen LogP contribution is 2.24. The van der Waals surface area contributed by atoms with Gasteiger partial charge in [0.15, 0.2) is 0 Å². The molecule has 0 aliphatic carbocycles. The number of nitrogens with zero attached hydrogens (tertiary/aromatic N) is 2. The van der Waals surface area contributed by atoms with Crippen LogP contribution in [0.5, 0.6) is 11.6 Å². The maximum Gasteiger partial charge on any atom is 0.253 e. The van der Waals surface area contributed by atoms with E-state index in [9.17, 15) is 9.18 Å². The molecule has 1 amide bonds. The van der Waals surface area contributed by atoms with E-state index < -0.39 is 5.82 Å². The summed E-state index contributed by atoms with van der Waals surface area (Å²) in [6, 6.07) is 15.0. The minimum Gasteiger partial charge on any atom is -0.467 e. The molecule has 0 aliphatic rings. The van der Waals surface area contributed by atoms with Crippen LogP contribution in [-0.4, -0.2) is 15.5 Å². The number of nitrogens with one attached hydrogen (secondary N) is 1. The van der Waals surface area contributed by atoms with E-state index in [1.54, 1.807) is 30.7 Å². The first-order chi connectivity index (χ1) is 15.0. The van der Waals surface area contributed by atoms with E-state index >= 15 is 0 Å². The lowest BCUT2D eigenvalue weighted by molar-refractivity contribution is 0.0950. The molecule has 7 heteroatoms. The summed E-state index contributed by atoms with van der Waals surface area (Å²) < 4.78 is 26.6. The van der Waals surface area contributed by atoms with Crippen molar-refractivity contribution in [1.82, 2.24) is 14.9 Å². The van der Waals surface area contributed by atoms with Crippen molar-refractivity contribution in [2.24, 2.45) is 0 Å². The van der Waals surface area contributed by atoms with Crippen LogP contribution in [0.4, 0.5) is 4.39 Å². The first-order valence-corrected chi connectivity index (χ1v) is 9.86. The maximum atomic E-state index is 13.4. The molecule has 6 nitrogen and oxygen atoms in total. The Labute approximate surface area is 179 Å². The first-order valence-electron chi connectivity index (χ1n) is 9.86. The summed E-state index contributed by atoms with van der Waals surface area (Å²) in [6.07, 6.45) is 3.22. The van der Waals surface area contributed by atoms with Gasteiger partial charge in [-0.2, -0.15) is 0 Å². The molecular weight excluding hydrogens is 397 g/mol. The van der Waals surface area contributed by atoms with Gasteiger partial charge < -0.3 is 19.0 Å². The molecule has 0 fully saturated rings. The highest BCUT2D eigenvalue weighted by molar-refractivity contribution is 5.95. The van der Waals surface area contributed by atoms with Crippen LogP contribution in [0.1, 0.15) is 33.1 Å². The lowest BCUT2D eigenvalue weighted by Gasteiger charge is -2.11. The van der Waals surface area contributed by atoms with Gasteiger partial charge in [-0.15, -0.1) is 0 Å². The van der Waals surface area contributed by atoms with Crippen molar-refractivity contribution in [2.75, 3.05) is 0 Å². The number of hydrogen-bond acceptors (Lipinski definition) is 4.